The molecule has 10 nitrogen and oxygen atoms in total. The molecule has 0 aliphatic carbocycles. The monoisotopic (exact) mass is 671 g/mol. The number of carbonyl (C=O) groups is 1. The SMILES string of the molecule is COCCN1C[C@H](C)[C@@H](NC(=O)c2cc(C#CCNc3ccc(S(C)(=O)=O)cc3OC)cc3c2ncn3CC(F)(F)F)C(F)(F)C1. The van der Waals surface area contributed by atoms with Gasteiger partial charge >= 0.3 is 6.18 Å². The van der Waals surface area contributed by atoms with Gasteiger partial charge in [0.15, 0.2) is 9.84 Å². The maximum absolute atomic E-state index is 15.2. The fourth-order valence-corrected chi connectivity index (χ4v) is 5.95. The summed E-state index contributed by atoms with van der Waals surface area (Å²) in [7, 11) is -0.635. The molecule has 250 valence electrons. The Morgan fingerprint density at radius 3 is 2.57 bits per heavy atom. The van der Waals surface area contributed by atoms with Gasteiger partial charge in [-0.3, -0.25) is 9.69 Å². The topological polar surface area (TPSA) is 115 Å². The Labute approximate surface area is 263 Å². The molecule has 0 unspecified atom stereocenters. The molecular formula is C30H34F5N5O5S. The van der Waals surface area contributed by atoms with Crippen molar-refractivity contribution in [1.82, 2.24) is 19.8 Å². The molecule has 1 aliphatic rings. The quantitative estimate of drug-likeness (QED) is 0.247. The standard InChI is InChI=1S/C30H34F5N5O5S/c1-19-15-39(10-11-44-2)16-29(31,32)27(19)38-28(41)22-12-20(13-24-26(22)37-18-40(24)17-30(33,34)35)6-5-9-36-23-8-7-21(46(4,42)43)14-25(23)45-3/h7-8,12-14,18-19,27,36H,9-11,15-17H2,1-4H3,(H,38,41)/t19-,27+/m0/s1. The molecule has 1 amide bonds. The highest BCUT2D eigenvalue weighted by molar-refractivity contribution is 7.90. The van der Waals surface area contributed by atoms with Gasteiger partial charge in [0.05, 0.1) is 60.8 Å². The Hall–Kier alpha value is -3.94. The molecule has 3 aromatic rings. The van der Waals surface area contributed by atoms with Crippen molar-refractivity contribution < 1.29 is 44.6 Å². The van der Waals surface area contributed by atoms with Crippen LogP contribution in [0, 0.1) is 17.8 Å². The number of alkyl halides is 5. The number of amides is 1. The average Bonchev–Trinajstić information content (AvgIpc) is 3.35. The second-order valence-electron chi connectivity index (χ2n) is 11.1. The number of carbonyl (C=O) groups excluding carboxylic acids is 1. The lowest BCUT2D eigenvalue weighted by molar-refractivity contribution is -0.140. The van der Waals surface area contributed by atoms with Crippen molar-refractivity contribution in [2.24, 2.45) is 5.92 Å². The van der Waals surface area contributed by atoms with E-state index in [-0.39, 0.29) is 52.5 Å². The number of nitrogens with one attached hydrogen (secondary N) is 2. The predicted molar refractivity (Wildman–Crippen MR) is 161 cm³/mol. The highest BCUT2D eigenvalue weighted by Crippen LogP contribution is 2.32. The molecule has 46 heavy (non-hydrogen) atoms. The van der Waals surface area contributed by atoms with Gasteiger partial charge in [0.2, 0.25) is 0 Å². The number of nitrogens with zero attached hydrogens (tertiary/aromatic N) is 3. The minimum absolute atomic E-state index is 0.00133. The molecule has 4 rings (SSSR count). The van der Waals surface area contributed by atoms with Crippen molar-refractivity contribution in [3.8, 4) is 17.6 Å². The first kappa shape index (κ1) is 34.9. The minimum atomic E-state index is -4.60. The third-order valence-electron chi connectivity index (χ3n) is 7.42. The molecular weight excluding hydrogens is 637 g/mol. The van der Waals surface area contributed by atoms with E-state index in [4.69, 9.17) is 9.47 Å². The molecule has 2 aromatic carbocycles. The van der Waals surface area contributed by atoms with Gasteiger partial charge in [0.25, 0.3) is 11.8 Å². The van der Waals surface area contributed by atoms with Crippen molar-refractivity contribution >= 4 is 32.5 Å². The highest BCUT2D eigenvalue weighted by Gasteiger charge is 2.49. The molecule has 2 atom stereocenters. The average molecular weight is 672 g/mol. The van der Waals surface area contributed by atoms with Crippen LogP contribution in [0.15, 0.2) is 41.6 Å². The molecule has 0 saturated carbocycles. The summed E-state index contributed by atoms with van der Waals surface area (Å²) >= 11 is 0. The number of benzene rings is 2. The lowest BCUT2D eigenvalue weighted by atomic mass is 9.90. The van der Waals surface area contributed by atoms with Crippen molar-refractivity contribution in [3.05, 3.63) is 47.8 Å². The van der Waals surface area contributed by atoms with Crippen LogP contribution in [0.3, 0.4) is 0 Å². The van der Waals surface area contributed by atoms with E-state index in [1.165, 1.54) is 44.6 Å². The Morgan fingerprint density at radius 2 is 1.93 bits per heavy atom. The van der Waals surface area contributed by atoms with E-state index in [1.54, 1.807) is 11.8 Å². The van der Waals surface area contributed by atoms with Crippen LogP contribution in [0.25, 0.3) is 11.0 Å². The first-order valence-electron chi connectivity index (χ1n) is 14.1. The highest BCUT2D eigenvalue weighted by atomic mass is 32.2. The first-order chi connectivity index (χ1) is 21.5. The first-order valence-corrected chi connectivity index (χ1v) is 16.0. The molecule has 16 heteroatoms. The predicted octanol–water partition coefficient (Wildman–Crippen LogP) is 3.81. The van der Waals surface area contributed by atoms with E-state index in [9.17, 15) is 26.4 Å². The van der Waals surface area contributed by atoms with E-state index < -0.39 is 52.9 Å². The number of ether oxygens (including phenoxy) is 2. The van der Waals surface area contributed by atoms with Crippen molar-refractivity contribution in [2.75, 3.05) is 58.6 Å². The van der Waals surface area contributed by atoms with Crippen molar-refractivity contribution in [2.45, 2.75) is 36.5 Å². The fourth-order valence-electron chi connectivity index (χ4n) is 5.31. The summed E-state index contributed by atoms with van der Waals surface area (Å²) in [4.78, 5) is 19.1. The molecule has 2 heterocycles. The lowest BCUT2D eigenvalue weighted by Gasteiger charge is -2.42. The normalized spacial score (nSPS) is 18.5. The number of methoxy groups -OCH3 is 2. The molecule has 0 radical (unpaired) electrons. The van der Waals surface area contributed by atoms with Gasteiger partial charge in [0.1, 0.15) is 17.8 Å². The molecule has 1 fully saturated rings. The van der Waals surface area contributed by atoms with Gasteiger partial charge in [-0.25, -0.2) is 22.2 Å². The molecule has 1 saturated heterocycles. The van der Waals surface area contributed by atoms with E-state index in [0.29, 0.717) is 12.2 Å². The van der Waals surface area contributed by atoms with Crippen LogP contribution < -0.4 is 15.4 Å². The number of piperidine rings is 1. The number of fused-ring (bicyclic) bond motifs is 1. The summed E-state index contributed by atoms with van der Waals surface area (Å²) < 4.78 is 105. The van der Waals surface area contributed by atoms with Gasteiger partial charge < -0.3 is 24.7 Å². The Balaban J connectivity index is 1.62. The van der Waals surface area contributed by atoms with Crippen LogP contribution in [-0.4, -0.2) is 100 Å². The molecule has 1 aliphatic heterocycles. The summed E-state index contributed by atoms with van der Waals surface area (Å²) in [5, 5.41) is 5.38. The smallest absolute Gasteiger partial charge is 0.406 e. The van der Waals surface area contributed by atoms with Crippen molar-refractivity contribution in [3.63, 3.8) is 0 Å². The zero-order valence-electron chi connectivity index (χ0n) is 25.5. The summed E-state index contributed by atoms with van der Waals surface area (Å²) in [6, 6.07) is 5.34. The summed E-state index contributed by atoms with van der Waals surface area (Å²) in [5.74, 6) is 0.984. The number of hydrogen-bond acceptors (Lipinski definition) is 8. The van der Waals surface area contributed by atoms with Gasteiger partial charge in [0, 0.05) is 38.1 Å². The number of aromatic nitrogens is 2. The van der Waals surface area contributed by atoms with Gasteiger partial charge in [-0.2, -0.15) is 13.2 Å². The summed E-state index contributed by atoms with van der Waals surface area (Å²) in [6.45, 7) is 0.446. The number of halogens is 5. The van der Waals surface area contributed by atoms with Gasteiger partial charge in [-0.1, -0.05) is 18.8 Å². The Bertz CT molecular complexity index is 1750. The van der Waals surface area contributed by atoms with Gasteiger partial charge in [-0.15, -0.1) is 0 Å². The number of sulfone groups is 1. The largest absolute Gasteiger partial charge is 0.495 e. The van der Waals surface area contributed by atoms with Crippen LogP contribution in [0.1, 0.15) is 22.8 Å². The number of imidazole rings is 1. The fraction of sp³-hybridized carbons (Fsp3) is 0.467. The second-order valence-corrected chi connectivity index (χ2v) is 13.1. The number of anilines is 1. The van der Waals surface area contributed by atoms with E-state index in [0.717, 1.165) is 17.2 Å². The summed E-state index contributed by atoms with van der Waals surface area (Å²) in [6.07, 6.45) is -2.60. The summed E-state index contributed by atoms with van der Waals surface area (Å²) in [5.41, 5.74) is 0.255. The van der Waals surface area contributed by atoms with Crippen LogP contribution in [0.4, 0.5) is 27.6 Å². The maximum Gasteiger partial charge on any atom is 0.406 e. The number of rotatable bonds is 10. The Morgan fingerprint density at radius 1 is 1.20 bits per heavy atom. The Kier molecular flexibility index (Phi) is 10.5. The second kappa shape index (κ2) is 13.8. The molecule has 0 bridgehead atoms. The van der Waals surface area contributed by atoms with Crippen LogP contribution >= 0.6 is 0 Å². The molecule has 2 N–H and O–H groups in total. The minimum Gasteiger partial charge on any atom is -0.495 e. The third kappa shape index (κ3) is 8.45. The number of hydrogen-bond donors (Lipinski definition) is 2. The van der Waals surface area contributed by atoms with Crippen LogP contribution in [0.2, 0.25) is 0 Å². The zero-order chi connectivity index (χ0) is 33.9. The maximum atomic E-state index is 15.2. The molecule has 1 aromatic heterocycles. The van der Waals surface area contributed by atoms with Gasteiger partial charge in [-0.05, 0) is 30.2 Å². The lowest BCUT2D eigenvalue weighted by Crippen LogP contribution is -2.62. The third-order valence-corrected chi connectivity index (χ3v) is 8.53. The van der Waals surface area contributed by atoms with Crippen molar-refractivity contribution in [1.29, 1.82) is 0 Å². The molecule has 0 spiro atoms. The van der Waals surface area contributed by atoms with Crippen LogP contribution in [0.5, 0.6) is 5.75 Å². The van der Waals surface area contributed by atoms with E-state index in [1.807, 2.05) is 0 Å². The zero-order valence-corrected chi connectivity index (χ0v) is 26.4. The van der Waals surface area contributed by atoms with E-state index >= 15 is 8.78 Å². The van der Waals surface area contributed by atoms with E-state index in [2.05, 4.69) is 27.5 Å². The number of likely N-dealkylation sites (tertiary alicyclic amines) is 1. The van der Waals surface area contributed by atoms with Crippen LogP contribution in [-0.2, 0) is 21.1 Å².